The molecule has 0 atom stereocenters. The van der Waals surface area contributed by atoms with Gasteiger partial charge >= 0.3 is 0 Å². The molecule has 6 heteroatoms. The molecule has 1 aliphatic carbocycles. The number of anilines is 2. The van der Waals surface area contributed by atoms with Crippen LogP contribution in [0.15, 0.2) is 67.0 Å². The summed E-state index contributed by atoms with van der Waals surface area (Å²) in [6.45, 7) is 0. The number of carbonyl (C=O) groups is 1. The van der Waals surface area contributed by atoms with E-state index in [2.05, 4.69) is 20.6 Å². The molecule has 6 nitrogen and oxygen atoms in total. The first-order valence-corrected chi connectivity index (χ1v) is 8.50. The van der Waals surface area contributed by atoms with Crippen LogP contribution in [0, 0.1) is 0 Å². The molecular weight excluding hydrogens is 328 g/mol. The van der Waals surface area contributed by atoms with Crippen molar-refractivity contribution >= 4 is 17.4 Å². The van der Waals surface area contributed by atoms with E-state index in [1.54, 1.807) is 18.3 Å². The summed E-state index contributed by atoms with van der Waals surface area (Å²) in [5, 5.41) is 6.08. The van der Waals surface area contributed by atoms with Gasteiger partial charge in [-0.25, -0.2) is 9.97 Å². The van der Waals surface area contributed by atoms with Crippen molar-refractivity contribution in [3.63, 3.8) is 0 Å². The Balaban J connectivity index is 1.47. The molecule has 3 aromatic rings. The lowest BCUT2D eigenvalue weighted by Gasteiger charge is -2.12. The molecule has 0 radical (unpaired) electrons. The molecule has 26 heavy (non-hydrogen) atoms. The van der Waals surface area contributed by atoms with Gasteiger partial charge in [0.2, 0.25) is 0 Å². The molecule has 1 heterocycles. The Kier molecular flexibility index (Phi) is 4.47. The Hall–Kier alpha value is -3.41. The highest BCUT2D eigenvalue weighted by atomic mass is 16.5. The van der Waals surface area contributed by atoms with Crippen molar-refractivity contribution in [2.24, 2.45) is 0 Å². The topological polar surface area (TPSA) is 76.1 Å². The van der Waals surface area contributed by atoms with Crippen LogP contribution in [0.2, 0.25) is 0 Å². The van der Waals surface area contributed by atoms with E-state index in [0.29, 0.717) is 29.0 Å². The molecule has 1 aliphatic rings. The number of para-hydroxylation sites is 3. The standard InChI is InChI=1S/C20H18N4O2/c25-20(17-12-22-19(13-21-17)23-14-10-11-14)24-16-8-4-5-9-18(16)26-15-6-2-1-3-7-15/h1-9,12-14H,10-11H2,(H,22,23)(H,24,25). The SMILES string of the molecule is O=C(Nc1ccccc1Oc1ccccc1)c1cnc(NC2CC2)cn1. The lowest BCUT2D eigenvalue weighted by Crippen LogP contribution is -2.15. The van der Waals surface area contributed by atoms with Gasteiger partial charge in [0.1, 0.15) is 17.3 Å². The van der Waals surface area contributed by atoms with E-state index in [0.717, 1.165) is 12.8 Å². The van der Waals surface area contributed by atoms with Gasteiger partial charge in [0, 0.05) is 6.04 Å². The van der Waals surface area contributed by atoms with Crippen molar-refractivity contribution < 1.29 is 9.53 Å². The zero-order valence-electron chi connectivity index (χ0n) is 14.1. The van der Waals surface area contributed by atoms with Crippen molar-refractivity contribution in [2.75, 3.05) is 10.6 Å². The second-order valence-electron chi connectivity index (χ2n) is 6.07. The number of hydrogen-bond acceptors (Lipinski definition) is 5. The average Bonchev–Trinajstić information content (AvgIpc) is 3.49. The molecule has 130 valence electrons. The zero-order valence-corrected chi connectivity index (χ0v) is 14.1. The van der Waals surface area contributed by atoms with E-state index in [1.807, 2.05) is 42.5 Å². The van der Waals surface area contributed by atoms with E-state index in [-0.39, 0.29) is 11.6 Å². The van der Waals surface area contributed by atoms with Gasteiger partial charge in [-0.15, -0.1) is 0 Å². The molecule has 0 bridgehead atoms. The van der Waals surface area contributed by atoms with E-state index in [4.69, 9.17) is 4.74 Å². The first-order chi connectivity index (χ1) is 12.8. The average molecular weight is 346 g/mol. The molecule has 1 fully saturated rings. The Morgan fingerprint density at radius 3 is 2.46 bits per heavy atom. The van der Waals surface area contributed by atoms with Crippen LogP contribution in [-0.4, -0.2) is 21.9 Å². The van der Waals surface area contributed by atoms with Gasteiger partial charge in [-0.2, -0.15) is 0 Å². The number of hydrogen-bond donors (Lipinski definition) is 2. The number of ether oxygens (including phenoxy) is 1. The predicted molar refractivity (Wildman–Crippen MR) is 99.6 cm³/mol. The minimum absolute atomic E-state index is 0.251. The van der Waals surface area contributed by atoms with Crippen LogP contribution in [-0.2, 0) is 0 Å². The third kappa shape index (κ3) is 3.97. The van der Waals surface area contributed by atoms with Crippen molar-refractivity contribution in [1.29, 1.82) is 0 Å². The van der Waals surface area contributed by atoms with Crippen molar-refractivity contribution in [2.45, 2.75) is 18.9 Å². The molecule has 2 N–H and O–H groups in total. The second kappa shape index (κ2) is 7.23. The Morgan fingerprint density at radius 2 is 1.73 bits per heavy atom. The Bertz CT molecular complexity index is 893. The van der Waals surface area contributed by atoms with Gasteiger partial charge in [0.05, 0.1) is 18.1 Å². The number of amides is 1. The summed E-state index contributed by atoms with van der Waals surface area (Å²) < 4.78 is 5.86. The monoisotopic (exact) mass is 346 g/mol. The van der Waals surface area contributed by atoms with Gasteiger partial charge in [-0.3, -0.25) is 4.79 Å². The number of nitrogens with zero attached hydrogens (tertiary/aromatic N) is 2. The maximum absolute atomic E-state index is 12.5. The van der Waals surface area contributed by atoms with Gasteiger partial charge in [0.25, 0.3) is 5.91 Å². The van der Waals surface area contributed by atoms with Crippen LogP contribution >= 0.6 is 0 Å². The normalized spacial score (nSPS) is 13.1. The van der Waals surface area contributed by atoms with Gasteiger partial charge in [-0.1, -0.05) is 30.3 Å². The fourth-order valence-electron chi connectivity index (χ4n) is 2.42. The molecule has 0 saturated heterocycles. The molecule has 0 unspecified atom stereocenters. The predicted octanol–water partition coefficient (Wildman–Crippen LogP) is 4.10. The number of rotatable bonds is 6. The van der Waals surface area contributed by atoms with E-state index < -0.39 is 0 Å². The first kappa shape index (κ1) is 16.1. The lowest BCUT2D eigenvalue weighted by molar-refractivity contribution is 0.102. The largest absolute Gasteiger partial charge is 0.455 e. The van der Waals surface area contributed by atoms with Crippen molar-refractivity contribution in [3.05, 3.63) is 72.7 Å². The highest BCUT2D eigenvalue weighted by molar-refractivity contribution is 6.03. The number of nitrogens with one attached hydrogen (secondary N) is 2. The molecule has 4 rings (SSSR count). The fraction of sp³-hybridized carbons (Fsp3) is 0.150. The number of aromatic nitrogens is 2. The van der Waals surface area contributed by atoms with Gasteiger partial charge < -0.3 is 15.4 Å². The van der Waals surface area contributed by atoms with Crippen LogP contribution in [0.1, 0.15) is 23.3 Å². The quantitative estimate of drug-likeness (QED) is 0.703. The molecule has 1 amide bonds. The van der Waals surface area contributed by atoms with Gasteiger partial charge in [0.15, 0.2) is 5.75 Å². The third-order valence-electron chi connectivity index (χ3n) is 3.92. The van der Waals surface area contributed by atoms with Crippen molar-refractivity contribution in [1.82, 2.24) is 9.97 Å². The molecule has 1 saturated carbocycles. The minimum Gasteiger partial charge on any atom is -0.455 e. The molecule has 1 aromatic heterocycles. The summed E-state index contributed by atoms with van der Waals surface area (Å²) in [6.07, 6.45) is 5.37. The Morgan fingerprint density at radius 1 is 0.962 bits per heavy atom. The van der Waals surface area contributed by atoms with Crippen LogP contribution in [0.25, 0.3) is 0 Å². The number of benzene rings is 2. The molecule has 0 spiro atoms. The van der Waals surface area contributed by atoms with Crippen LogP contribution in [0.3, 0.4) is 0 Å². The zero-order chi connectivity index (χ0) is 17.8. The number of carbonyl (C=O) groups excluding carboxylic acids is 1. The highest BCUT2D eigenvalue weighted by Gasteiger charge is 2.21. The smallest absolute Gasteiger partial charge is 0.275 e. The summed E-state index contributed by atoms with van der Waals surface area (Å²) >= 11 is 0. The van der Waals surface area contributed by atoms with Crippen molar-refractivity contribution in [3.8, 4) is 11.5 Å². The van der Waals surface area contributed by atoms with E-state index >= 15 is 0 Å². The maximum Gasteiger partial charge on any atom is 0.275 e. The summed E-state index contributed by atoms with van der Waals surface area (Å²) in [5.41, 5.74) is 0.823. The van der Waals surface area contributed by atoms with Crippen LogP contribution in [0.4, 0.5) is 11.5 Å². The van der Waals surface area contributed by atoms with Gasteiger partial charge in [-0.05, 0) is 37.1 Å². The summed E-state index contributed by atoms with van der Waals surface area (Å²) in [7, 11) is 0. The molecular formula is C20H18N4O2. The van der Waals surface area contributed by atoms with Crippen LogP contribution in [0.5, 0.6) is 11.5 Å². The summed E-state index contributed by atoms with van der Waals surface area (Å²) in [4.78, 5) is 20.9. The fourth-order valence-corrected chi connectivity index (χ4v) is 2.42. The highest BCUT2D eigenvalue weighted by Crippen LogP contribution is 2.29. The van der Waals surface area contributed by atoms with E-state index in [1.165, 1.54) is 6.20 Å². The maximum atomic E-state index is 12.5. The second-order valence-corrected chi connectivity index (χ2v) is 6.07. The summed E-state index contributed by atoms with van der Waals surface area (Å²) in [6, 6.07) is 17.2. The molecule has 0 aliphatic heterocycles. The van der Waals surface area contributed by atoms with Crippen LogP contribution < -0.4 is 15.4 Å². The molecule has 2 aromatic carbocycles. The third-order valence-corrected chi connectivity index (χ3v) is 3.92. The Labute approximate surface area is 151 Å². The first-order valence-electron chi connectivity index (χ1n) is 8.50. The summed E-state index contributed by atoms with van der Waals surface area (Å²) in [5.74, 6) is 1.62. The minimum atomic E-state index is -0.334. The lowest BCUT2D eigenvalue weighted by atomic mass is 10.2. The van der Waals surface area contributed by atoms with E-state index in [9.17, 15) is 4.79 Å².